The molecule has 1 aromatic carbocycles. The Hall–Kier alpha value is -2.01. The number of ether oxygens (including phenoxy) is 3. The van der Waals surface area contributed by atoms with Crippen molar-refractivity contribution in [1.29, 1.82) is 0 Å². The SMILES string of the molecule is CCOc1ccc2c(ccn2C(C)C(=O)OCCOC)c1. The van der Waals surface area contributed by atoms with Gasteiger partial charge in [0, 0.05) is 24.2 Å². The van der Waals surface area contributed by atoms with Crippen molar-refractivity contribution in [3.63, 3.8) is 0 Å². The van der Waals surface area contributed by atoms with E-state index in [1.807, 2.05) is 48.9 Å². The Bertz CT molecular complexity index is 605. The van der Waals surface area contributed by atoms with Crippen LogP contribution in [0.2, 0.25) is 0 Å². The van der Waals surface area contributed by atoms with E-state index in [0.717, 1.165) is 16.7 Å². The van der Waals surface area contributed by atoms with Crippen LogP contribution < -0.4 is 4.74 Å². The minimum atomic E-state index is -0.378. The Morgan fingerprint density at radius 3 is 2.81 bits per heavy atom. The maximum Gasteiger partial charge on any atom is 0.328 e. The summed E-state index contributed by atoms with van der Waals surface area (Å²) < 4.78 is 17.4. The highest BCUT2D eigenvalue weighted by Crippen LogP contribution is 2.25. The van der Waals surface area contributed by atoms with E-state index in [2.05, 4.69) is 0 Å². The lowest BCUT2D eigenvalue weighted by Gasteiger charge is -2.14. The smallest absolute Gasteiger partial charge is 0.328 e. The summed E-state index contributed by atoms with van der Waals surface area (Å²) in [6, 6.07) is 7.43. The van der Waals surface area contributed by atoms with Gasteiger partial charge in [0.05, 0.1) is 13.2 Å². The van der Waals surface area contributed by atoms with Gasteiger partial charge in [-0.15, -0.1) is 0 Å². The molecule has 114 valence electrons. The highest BCUT2D eigenvalue weighted by molar-refractivity contribution is 5.84. The van der Waals surface area contributed by atoms with Gasteiger partial charge >= 0.3 is 5.97 Å². The van der Waals surface area contributed by atoms with Crippen LogP contribution in [0.5, 0.6) is 5.75 Å². The third kappa shape index (κ3) is 3.55. The van der Waals surface area contributed by atoms with Crippen LogP contribution in [-0.2, 0) is 14.3 Å². The Kier molecular flexibility index (Phi) is 5.22. The quantitative estimate of drug-likeness (QED) is 0.581. The van der Waals surface area contributed by atoms with Crippen LogP contribution in [0.1, 0.15) is 19.9 Å². The number of rotatable bonds is 7. The molecular weight excluding hydrogens is 270 g/mol. The van der Waals surface area contributed by atoms with Gasteiger partial charge in [0.15, 0.2) is 0 Å². The van der Waals surface area contributed by atoms with E-state index in [4.69, 9.17) is 14.2 Å². The second kappa shape index (κ2) is 7.13. The van der Waals surface area contributed by atoms with E-state index >= 15 is 0 Å². The molecule has 21 heavy (non-hydrogen) atoms. The fourth-order valence-corrected chi connectivity index (χ4v) is 2.20. The Morgan fingerprint density at radius 2 is 2.10 bits per heavy atom. The molecule has 0 saturated heterocycles. The van der Waals surface area contributed by atoms with Crippen LogP contribution in [0, 0.1) is 0 Å². The van der Waals surface area contributed by atoms with Crippen molar-refractivity contribution in [3.05, 3.63) is 30.5 Å². The fourth-order valence-electron chi connectivity index (χ4n) is 2.20. The number of benzene rings is 1. The average Bonchev–Trinajstić information content (AvgIpc) is 2.90. The summed E-state index contributed by atoms with van der Waals surface area (Å²) >= 11 is 0. The molecule has 1 atom stereocenters. The average molecular weight is 291 g/mol. The standard InChI is InChI=1S/C16H21NO4/c1-4-20-14-5-6-15-13(11-14)7-8-17(15)12(2)16(18)21-10-9-19-3/h5-8,11-12H,4,9-10H2,1-3H3. The molecular formula is C16H21NO4. The summed E-state index contributed by atoms with van der Waals surface area (Å²) in [6.07, 6.45) is 1.89. The van der Waals surface area contributed by atoms with Crippen LogP contribution in [0.25, 0.3) is 10.9 Å². The fraction of sp³-hybridized carbons (Fsp3) is 0.438. The van der Waals surface area contributed by atoms with Crippen molar-refractivity contribution in [3.8, 4) is 5.75 Å². The number of esters is 1. The van der Waals surface area contributed by atoms with Gasteiger partial charge in [0.1, 0.15) is 18.4 Å². The first-order valence-corrected chi connectivity index (χ1v) is 7.06. The molecule has 2 rings (SSSR count). The van der Waals surface area contributed by atoms with Crippen LogP contribution in [0.4, 0.5) is 0 Å². The minimum absolute atomic E-state index is 0.265. The van der Waals surface area contributed by atoms with Crippen LogP contribution >= 0.6 is 0 Å². The third-order valence-electron chi connectivity index (χ3n) is 3.29. The molecule has 0 aliphatic carbocycles. The van der Waals surface area contributed by atoms with Crippen molar-refractivity contribution >= 4 is 16.9 Å². The van der Waals surface area contributed by atoms with Gasteiger partial charge in [-0.1, -0.05) is 0 Å². The molecule has 0 fully saturated rings. The molecule has 1 heterocycles. The first kappa shape index (κ1) is 15.4. The van der Waals surface area contributed by atoms with Crippen molar-refractivity contribution in [2.24, 2.45) is 0 Å². The zero-order valence-electron chi connectivity index (χ0n) is 12.7. The normalized spacial score (nSPS) is 12.3. The van der Waals surface area contributed by atoms with Crippen LogP contribution in [0.15, 0.2) is 30.5 Å². The number of carbonyl (C=O) groups is 1. The maximum atomic E-state index is 12.0. The van der Waals surface area contributed by atoms with Crippen molar-refractivity contribution in [2.75, 3.05) is 26.9 Å². The lowest BCUT2D eigenvalue weighted by molar-refractivity contribution is -0.148. The molecule has 1 aromatic heterocycles. The molecule has 1 unspecified atom stereocenters. The number of hydrogen-bond acceptors (Lipinski definition) is 4. The summed E-state index contributed by atoms with van der Waals surface area (Å²) in [6.45, 7) is 5.09. The van der Waals surface area contributed by atoms with E-state index in [0.29, 0.717) is 13.2 Å². The molecule has 0 aliphatic rings. The van der Waals surface area contributed by atoms with Gasteiger partial charge in [-0.3, -0.25) is 0 Å². The molecule has 0 amide bonds. The first-order valence-electron chi connectivity index (χ1n) is 7.06. The number of carbonyl (C=O) groups excluding carboxylic acids is 1. The van der Waals surface area contributed by atoms with Gasteiger partial charge in [0.25, 0.3) is 0 Å². The molecule has 2 aromatic rings. The monoisotopic (exact) mass is 291 g/mol. The summed E-state index contributed by atoms with van der Waals surface area (Å²) in [7, 11) is 1.58. The molecule has 0 N–H and O–H groups in total. The summed E-state index contributed by atoms with van der Waals surface area (Å²) in [5.74, 6) is 0.566. The van der Waals surface area contributed by atoms with Crippen molar-refractivity contribution in [1.82, 2.24) is 4.57 Å². The zero-order valence-corrected chi connectivity index (χ0v) is 12.7. The Labute approximate surface area is 124 Å². The van der Waals surface area contributed by atoms with E-state index in [1.165, 1.54) is 0 Å². The number of nitrogens with zero attached hydrogens (tertiary/aromatic N) is 1. The van der Waals surface area contributed by atoms with Crippen molar-refractivity contribution in [2.45, 2.75) is 19.9 Å². The first-order chi connectivity index (χ1) is 10.2. The maximum absolute atomic E-state index is 12.0. The molecule has 0 saturated carbocycles. The molecule has 0 bridgehead atoms. The van der Waals surface area contributed by atoms with E-state index in [-0.39, 0.29) is 18.6 Å². The third-order valence-corrected chi connectivity index (χ3v) is 3.29. The Balaban J connectivity index is 2.16. The lowest BCUT2D eigenvalue weighted by atomic mass is 10.2. The molecule has 5 heteroatoms. The lowest BCUT2D eigenvalue weighted by Crippen LogP contribution is -2.20. The number of aromatic nitrogens is 1. The molecule has 0 aliphatic heterocycles. The second-order valence-corrected chi connectivity index (χ2v) is 4.71. The summed E-state index contributed by atoms with van der Waals surface area (Å²) in [5.41, 5.74) is 0.981. The summed E-state index contributed by atoms with van der Waals surface area (Å²) in [4.78, 5) is 12.0. The predicted molar refractivity (Wildman–Crippen MR) is 80.7 cm³/mol. The Morgan fingerprint density at radius 1 is 1.29 bits per heavy atom. The highest BCUT2D eigenvalue weighted by atomic mass is 16.6. The van der Waals surface area contributed by atoms with E-state index in [9.17, 15) is 4.79 Å². The largest absolute Gasteiger partial charge is 0.494 e. The van der Waals surface area contributed by atoms with Crippen molar-refractivity contribution < 1.29 is 19.0 Å². The van der Waals surface area contributed by atoms with Crippen LogP contribution in [0.3, 0.4) is 0 Å². The number of hydrogen-bond donors (Lipinski definition) is 0. The topological polar surface area (TPSA) is 49.7 Å². The summed E-state index contributed by atoms with van der Waals surface area (Å²) in [5, 5.41) is 1.04. The zero-order chi connectivity index (χ0) is 15.2. The van der Waals surface area contributed by atoms with Gasteiger partial charge in [-0.05, 0) is 38.1 Å². The predicted octanol–water partition coefficient (Wildman–Crippen LogP) is 2.79. The molecule has 0 radical (unpaired) electrons. The highest BCUT2D eigenvalue weighted by Gasteiger charge is 2.18. The minimum Gasteiger partial charge on any atom is -0.494 e. The van der Waals surface area contributed by atoms with Gasteiger partial charge in [-0.25, -0.2) is 4.79 Å². The second-order valence-electron chi connectivity index (χ2n) is 4.71. The van der Waals surface area contributed by atoms with Crippen LogP contribution in [-0.4, -0.2) is 37.5 Å². The number of methoxy groups -OCH3 is 1. The van der Waals surface area contributed by atoms with E-state index < -0.39 is 0 Å². The van der Waals surface area contributed by atoms with E-state index in [1.54, 1.807) is 7.11 Å². The van der Waals surface area contributed by atoms with Gasteiger partial charge in [-0.2, -0.15) is 0 Å². The van der Waals surface area contributed by atoms with Gasteiger partial charge < -0.3 is 18.8 Å². The van der Waals surface area contributed by atoms with Gasteiger partial charge in [0.2, 0.25) is 0 Å². The molecule has 0 spiro atoms. The molecule has 5 nitrogen and oxygen atoms in total. The number of fused-ring (bicyclic) bond motifs is 1.